The number of fused-ring (bicyclic) bond motifs is 1. The zero-order valence-corrected chi connectivity index (χ0v) is 13.7. The predicted octanol–water partition coefficient (Wildman–Crippen LogP) is 0.630. The number of hydrogen-bond donors (Lipinski definition) is 1. The Bertz CT molecular complexity index is 552. The van der Waals surface area contributed by atoms with Crippen LogP contribution in [0.2, 0.25) is 0 Å². The van der Waals surface area contributed by atoms with Gasteiger partial charge in [-0.2, -0.15) is 0 Å². The van der Waals surface area contributed by atoms with Crippen LogP contribution in [0, 0.1) is 0 Å². The number of hydrogen-bond acceptors (Lipinski definition) is 7. The summed E-state index contributed by atoms with van der Waals surface area (Å²) in [7, 11) is 5.15. The molecule has 0 radical (unpaired) electrons. The summed E-state index contributed by atoms with van der Waals surface area (Å²) in [5.41, 5.74) is 0.964. The van der Waals surface area contributed by atoms with Crippen LogP contribution in [0.4, 0.5) is 0 Å². The van der Waals surface area contributed by atoms with E-state index in [9.17, 15) is 5.11 Å². The molecule has 128 valence electrons. The van der Waals surface area contributed by atoms with Crippen LogP contribution < -0.4 is 14.2 Å². The molecule has 23 heavy (non-hydrogen) atoms. The van der Waals surface area contributed by atoms with Gasteiger partial charge < -0.3 is 28.8 Å². The summed E-state index contributed by atoms with van der Waals surface area (Å²) in [6, 6.07) is 3.60. The third kappa shape index (κ3) is 3.23. The Kier molecular flexibility index (Phi) is 4.91. The molecule has 3 rings (SSSR count). The normalized spacial score (nSPS) is 26.6. The number of methoxy groups -OCH3 is 2. The molecule has 7 heteroatoms. The first-order valence-electron chi connectivity index (χ1n) is 7.59. The second-order valence-electron chi connectivity index (χ2n) is 5.80. The molecule has 2 heterocycles. The highest BCUT2D eigenvalue weighted by atomic mass is 16.7. The lowest BCUT2D eigenvalue weighted by Gasteiger charge is -2.39. The molecule has 2 aliphatic heterocycles. The van der Waals surface area contributed by atoms with Crippen molar-refractivity contribution in [2.45, 2.75) is 24.8 Å². The van der Waals surface area contributed by atoms with E-state index in [0.717, 1.165) is 11.3 Å². The molecule has 3 atom stereocenters. The van der Waals surface area contributed by atoms with Crippen molar-refractivity contribution in [3.63, 3.8) is 0 Å². The summed E-state index contributed by atoms with van der Waals surface area (Å²) in [6.07, 6.45) is -0.909. The summed E-state index contributed by atoms with van der Waals surface area (Å²) in [4.78, 5) is 2.04. The molecule has 1 aromatic rings. The van der Waals surface area contributed by atoms with Crippen molar-refractivity contribution in [3.05, 3.63) is 17.7 Å². The van der Waals surface area contributed by atoms with Crippen molar-refractivity contribution in [2.75, 3.05) is 41.3 Å². The van der Waals surface area contributed by atoms with Gasteiger partial charge in [-0.1, -0.05) is 0 Å². The van der Waals surface area contributed by atoms with Gasteiger partial charge in [0.15, 0.2) is 11.5 Å². The highest BCUT2D eigenvalue weighted by molar-refractivity contribution is 5.51. The van der Waals surface area contributed by atoms with Gasteiger partial charge in [0.25, 0.3) is 0 Å². The molecule has 0 spiro atoms. The van der Waals surface area contributed by atoms with E-state index in [4.69, 9.17) is 23.7 Å². The predicted molar refractivity (Wildman–Crippen MR) is 82.0 cm³/mol. The highest BCUT2D eigenvalue weighted by Gasteiger charge is 2.35. The summed E-state index contributed by atoms with van der Waals surface area (Å²) in [6.45, 7) is 1.68. The molecule has 1 N–H and O–H groups in total. The smallest absolute Gasteiger partial charge is 0.231 e. The van der Waals surface area contributed by atoms with E-state index in [-0.39, 0.29) is 18.9 Å². The third-order valence-electron chi connectivity index (χ3n) is 4.41. The van der Waals surface area contributed by atoms with Gasteiger partial charge in [0.1, 0.15) is 18.0 Å². The largest absolute Gasteiger partial charge is 0.496 e. The van der Waals surface area contributed by atoms with Gasteiger partial charge >= 0.3 is 0 Å². The van der Waals surface area contributed by atoms with Crippen LogP contribution in [0.3, 0.4) is 0 Å². The number of likely N-dealkylation sites (N-methyl/N-ethyl adjacent to an activating group) is 1. The van der Waals surface area contributed by atoms with E-state index in [1.807, 2.05) is 24.1 Å². The van der Waals surface area contributed by atoms with Crippen molar-refractivity contribution in [1.29, 1.82) is 0 Å². The van der Waals surface area contributed by atoms with E-state index >= 15 is 0 Å². The van der Waals surface area contributed by atoms with Crippen LogP contribution in [-0.2, 0) is 16.0 Å². The lowest BCUT2D eigenvalue weighted by atomic mass is 10.0. The van der Waals surface area contributed by atoms with Crippen molar-refractivity contribution < 1.29 is 28.8 Å². The molecule has 0 saturated carbocycles. The van der Waals surface area contributed by atoms with E-state index in [1.165, 1.54) is 0 Å². The Labute approximate surface area is 135 Å². The SMILES string of the molecule is COc1cc2c(cc1CN(C)[C@@H]1COC[C@@H](OC)[C@H]1O)OCO2. The second-order valence-corrected chi connectivity index (χ2v) is 5.80. The fraction of sp³-hybridized carbons (Fsp3) is 0.625. The van der Waals surface area contributed by atoms with Gasteiger partial charge in [0.05, 0.1) is 26.4 Å². The molecule has 0 aromatic heterocycles. The number of aliphatic hydroxyl groups is 1. The maximum Gasteiger partial charge on any atom is 0.231 e. The summed E-state index contributed by atoms with van der Waals surface area (Å²) in [5.74, 6) is 2.13. The van der Waals surface area contributed by atoms with Gasteiger partial charge in [-0.05, 0) is 13.1 Å². The summed E-state index contributed by atoms with van der Waals surface area (Å²) < 4.78 is 27.1. The van der Waals surface area contributed by atoms with E-state index in [2.05, 4.69) is 0 Å². The third-order valence-corrected chi connectivity index (χ3v) is 4.41. The minimum atomic E-state index is -0.598. The van der Waals surface area contributed by atoms with Crippen LogP contribution in [-0.4, -0.2) is 69.5 Å². The van der Waals surface area contributed by atoms with Gasteiger partial charge in [0.2, 0.25) is 6.79 Å². The van der Waals surface area contributed by atoms with Crippen LogP contribution >= 0.6 is 0 Å². The van der Waals surface area contributed by atoms with Crippen molar-refractivity contribution in [3.8, 4) is 17.2 Å². The first-order valence-corrected chi connectivity index (χ1v) is 7.59. The number of rotatable bonds is 5. The Balaban J connectivity index is 1.76. The maximum absolute atomic E-state index is 10.4. The van der Waals surface area contributed by atoms with E-state index < -0.39 is 6.10 Å². The Morgan fingerprint density at radius 3 is 2.65 bits per heavy atom. The average Bonchev–Trinajstić information content (AvgIpc) is 3.01. The average molecular weight is 325 g/mol. The lowest BCUT2D eigenvalue weighted by molar-refractivity contribution is -0.142. The van der Waals surface area contributed by atoms with Crippen LogP contribution in [0.1, 0.15) is 5.56 Å². The lowest BCUT2D eigenvalue weighted by Crippen LogP contribution is -2.55. The number of ether oxygens (including phenoxy) is 5. The quantitative estimate of drug-likeness (QED) is 0.851. The van der Waals surface area contributed by atoms with E-state index in [0.29, 0.717) is 31.3 Å². The Morgan fingerprint density at radius 1 is 1.22 bits per heavy atom. The monoisotopic (exact) mass is 325 g/mol. The number of aliphatic hydroxyl groups excluding tert-OH is 1. The van der Waals surface area contributed by atoms with Gasteiger partial charge in [0, 0.05) is 25.3 Å². The van der Waals surface area contributed by atoms with E-state index in [1.54, 1.807) is 14.2 Å². The summed E-state index contributed by atoms with van der Waals surface area (Å²) in [5, 5.41) is 10.4. The van der Waals surface area contributed by atoms with Crippen molar-refractivity contribution in [2.24, 2.45) is 0 Å². The molecular formula is C16H23NO6. The molecule has 0 unspecified atom stereocenters. The van der Waals surface area contributed by atoms with Gasteiger partial charge in [-0.15, -0.1) is 0 Å². The summed E-state index contributed by atoms with van der Waals surface area (Å²) >= 11 is 0. The first kappa shape index (κ1) is 16.3. The fourth-order valence-corrected chi connectivity index (χ4v) is 3.01. The van der Waals surface area contributed by atoms with Crippen molar-refractivity contribution >= 4 is 0 Å². The topological polar surface area (TPSA) is 69.6 Å². The minimum Gasteiger partial charge on any atom is -0.496 e. The maximum atomic E-state index is 10.4. The molecule has 2 aliphatic rings. The van der Waals surface area contributed by atoms with Gasteiger partial charge in [-0.25, -0.2) is 0 Å². The number of benzene rings is 1. The highest BCUT2D eigenvalue weighted by Crippen LogP contribution is 2.38. The first-order chi connectivity index (χ1) is 11.1. The zero-order chi connectivity index (χ0) is 16.4. The molecule has 1 saturated heterocycles. The standard InChI is InChI=1S/C16H23NO6/c1-17(11-7-21-8-15(20-3)16(11)18)6-10-4-13-14(23-9-22-13)5-12(10)19-2/h4-5,11,15-16,18H,6-9H2,1-3H3/t11-,15-,16+/m1/s1. The molecule has 7 nitrogen and oxygen atoms in total. The zero-order valence-electron chi connectivity index (χ0n) is 13.7. The second kappa shape index (κ2) is 6.92. The Morgan fingerprint density at radius 2 is 1.96 bits per heavy atom. The molecule has 1 aromatic carbocycles. The van der Waals surface area contributed by atoms with Gasteiger partial charge in [-0.3, -0.25) is 4.90 Å². The molecule has 0 amide bonds. The fourth-order valence-electron chi connectivity index (χ4n) is 3.01. The molecule has 0 aliphatic carbocycles. The van der Waals surface area contributed by atoms with Crippen LogP contribution in [0.5, 0.6) is 17.2 Å². The van der Waals surface area contributed by atoms with Crippen LogP contribution in [0.25, 0.3) is 0 Å². The van der Waals surface area contributed by atoms with Crippen LogP contribution in [0.15, 0.2) is 12.1 Å². The minimum absolute atomic E-state index is 0.149. The number of nitrogens with zero attached hydrogens (tertiary/aromatic N) is 1. The van der Waals surface area contributed by atoms with Crippen molar-refractivity contribution in [1.82, 2.24) is 4.90 Å². The molecular weight excluding hydrogens is 302 g/mol. The molecule has 0 bridgehead atoms. The molecule has 1 fully saturated rings. The Hall–Kier alpha value is -1.54.